The van der Waals surface area contributed by atoms with Gasteiger partial charge in [-0.25, -0.2) is 5.01 Å². The summed E-state index contributed by atoms with van der Waals surface area (Å²) in [5.74, 6) is 1.61. The standard InChI is InChI=1S/C21H32N4O2.C12H11NO2/c1-16(21(3,4)5)23-25(17(2)22-6)19-9-7-8-18(14-19)15-20(26)24-10-12-27-13-11-24;1-15-12-7-6-11(13-8-14)9-4-2-3-5-10(9)12/h7-9,14,22H,2,10-13,15H2,1,3-6H3;2-8H,1H3,(H,13,14)/b23-16+;. The molecule has 224 valence electrons. The van der Waals surface area contributed by atoms with E-state index in [2.05, 4.69) is 38.0 Å². The number of rotatable bonds is 9. The van der Waals surface area contributed by atoms with Gasteiger partial charge in [0.2, 0.25) is 12.3 Å². The van der Waals surface area contributed by atoms with Crippen LogP contribution in [0.2, 0.25) is 0 Å². The Morgan fingerprint density at radius 3 is 2.40 bits per heavy atom. The number of carbonyl (C=O) groups excluding carboxylic acids is 2. The molecule has 42 heavy (non-hydrogen) atoms. The van der Waals surface area contributed by atoms with Crippen molar-refractivity contribution in [1.29, 1.82) is 0 Å². The van der Waals surface area contributed by atoms with Crippen LogP contribution in [-0.2, 0) is 20.7 Å². The maximum atomic E-state index is 12.5. The largest absolute Gasteiger partial charge is 0.496 e. The minimum absolute atomic E-state index is 0.0455. The number of morpholine rings is 1. The summed E-state index contributed by atoms with van der Waals surface area (Å²) >= 11 is 0. The summed E-state index contributed by atoms with van der Waals surface area (Å²) in [7, 11) is 3.46. The zero-order valence-corrected chi connectivity index (χ0v) is 25.6. The van der Waals surface area contributed by atoms with Gasteiger partial charge in [-0.3, -0.25) is 9.59 Å². The monoisotopic (exact) mass is 573 g/mol. The summed E-state index contributed by atoms with van der Waals surface area (Å²) in [5, 5.41) is 14.3. The Hall–Kier alpha value is -4.37. The molecule has 9 nitrogen and oxygen atoms in total. The Morgan fingerprint density at radius 2 is 1.79 bits per heavy atom. The Bertz CT molecular complexity index is 1410. The third kappa shape index (κ3) is 8.57. The summed E-state index contributed by atoms with van der Waals surface area (Å²) in [5.41, 5.74) is 3.58. The molecule has 1 heterocycles. The molecule has 1 saturated heterocycles. The first-order valence-corrected chi connectivity index (χ1v) is 14.0. The van der Waals surface area contributed by atoms with Crippen molar-refractivity contribution in [3.63, 3.8) is 0 Å². The van der Waals surface area contributed by atoms with E-state index in [0.717, 1.165) is 39.2 Å². The highest BCUT2D eigenvalue weighted by molar-refractivity contribution is 6.00. The summed E-state index contributed by atoms with van der Waals surface area (Å²) in [6, 6.07) is 19.4. The number of anilines is 2. The van der Waals surface area contributed by atoms with Crippen molar-refractivity contribution in [2.24, 2.45) is 10.5 Å². The van der Waals surface area contributed by atoms with E-state index < -0.39 is 0 Å². The SMILES string of the molecule is C=C(NC)N(/N=C(\C)C(C)(C)C)c1cccc(CC(=O)N2CCOCC2)c1.COc1ccc(NC=O)c2ccccc12. The van der Waals surface area contributed by atoms with Crippen molar-refractivity contribution in [1.82, 2.24) is 10.2 Å². The lowest BCUT2D eigenvalue weighted by Crippen LogP contribution is -2.41. The Morgan fingerprint density at radius 1 is 1.10 bits per heavy atom. The van der Waals surface area contributed by atoms with Crippen molar-refractivity contribution in [3.8, 4) is 5.75 Å². The first-order valence-electron chi connectivity index (χ1n) is 14.0. The topological polar surface area (TPSA) is 95.5 Å². The molecule has 0 aliphatic carbocycles. The molecule has 0 radical (unpaired) electrons. The summed E-state index contributed by atoms with van der Waals surface area (Å²) in [6.45, 7) is 15.0. The molecule has 0 aromatic heterocycles. The van der Waals surface area contributed by atoms with E-state index in [-0.39, 0.29) is 11.3 Å². The minimum atomic E-state index is -0.0455. The van der Waals surface area contributed by atoms with Crippen molar-refractivity contribution in [2.75, 3.05) is 50.8 Å². The number of amides is 2. The van der Waals surface area contributed by atoms with Crippen molar-refractivity contribution >= 4 is 40.2 Å². The van der Waals surface area contributed by atoms with Crippen molar-refractivity contribution in [3.05, 3.63) is 78.6 Å². The number of hydrogen-bond acceptors (Lipinski definition) is 7. The quantitative estimate of drug-likeness (QED) is 0.202. The lowest BCUT2D eigenvalue weighted by atomic mass is 9.91. The smallest absolute Gasteiger partial charge is 0.227 e. The number of benzene rings is 3. The van der Waals surface area contributed by atoms with Gasteiger partial charge in [0.15, 0.2) is 0 Å². The predicted octanol–water partition coefficient (Wildman–Crippen LogP) is 5.42. The maximum Gasteiger partial charge on any atom is 0.227 e. The third-order valence-corrected chi connectivity index (χ3v) is 7.07. The zero-order chi connectivity index (χ0) is 30.7. The van der Waals surface area contributed by atoms with Crippen LogP contribution in [-0.4, -0.2) is 63.4 Å². The van der Waals surface area contributed by atoms with Gasteiger partial charge in [-0.15, -0.1) is 0 Å². The number of hydrogen-bond donors (Lipinski definition) is 2. The maximum absolute atomic E-state index is 12.5. The van der Waals surface area contributed by atoms with E-state index in [1.54, 1.807) is 12.1 Å². The van der Waals surface area contributed by atoms with E-state index in [1.807, 2.05) is 79.5 Å². The first-order chi connectivity index (χ1) is 20.1. The molecular formula is C33H43N5O4. The van der Waals surface area contributed by atoms with Crippen LogP contribution < -0.4 is 20.4 Å². The Balaban J connectivity index is 0.000000271. The third-order valence-electron chi connectivity index (χ3n) is 7.07. The van der Waals surface area contributed by atoms with Gasteiger partial charge in [-0.05, 0) is 36.8 Å². The van der Waals surface area contributed by atoms with Crippen LogP contribution in [0.25, 0.3) is 10.8 Å². The molecule has 0 bridgehead atoms. The van der Waals surface area contributed by atoms with E-state index in [4.69, 9.17) is 14.6 Å². The minimum Gasteiger partial charge on any atom is -0.496 e. The highest BCUT2D eigenvalue weighted by atomic mass is 16.5. The molecule has 1 aliphatic rings. The van der Waals surface area contributed by atoms with Gasteiger partial charge in [0.25, 0.3) is 0 Å². The average Bonchev–Trinajstić information content (AvgIpc) is 3.00. The first kappa shape index (κ1) is 32.1. The van der Waals surface area contributed by atoms with Crippen LogP contribution >= 0.6 is 0 Å². The van der Waals surface area contributed by atoms with Crippen LogP contribution in [0.4, 0.5) is 11.4 Å². The van der Waals surface area contributed by atoms with Gasteiger partial charge < -0.3 is 25.0 Å². The van der Waals surface area contributed by atoms with Crippen molar-refractivity contribution < 1.29 is 19.1 Å². The number of nitrogens with zero attached hydrogens (tertiary/aromatic N) is 3. The number of methoxy groups -OCH3 is 1. The van der Waals surface area contributed by atoms with Crippen LogP contribution in [0.5, 0.6) is 5.75 Å². The fraction of sp³-hybridized carbons (Fsp3) is 0.364. The molecule has 0 spiro atoms. The molecule has 3 aromatic carbocycles. The second-order valence-electron chi connectivity index (χ2n) is 10.9. The zero-order valence-electron chi connectivity index (χ0n) is 25.6. The van der Waals surface area contributed by atoms with Crippen LogP contribution in [0.3, 0.4) is 0 Å². The molecule has 0 atom stereocenters. The molecule has 9 heteroatoms. The van der Waals surface area contributed by atoms with Gasteiger partial charge in [-0.2, -0.15) is 5.10 Å². The van der Waals surface area contributed by atoms with Crippen LogP contribution in [0.1, 0.15) is 33.3 Å². The molecule has 0 unspecified atom stereocenters. The summed E-state index contributed by atoms with van der Waals surface area (Å²) in [4.78, 5) is 24.8. The van der Waals surface area contributed by atoms with Gasteiger partial charge in [-0.1, -0.05) is 63.7 Å². The normalized spacial score (nSPS) is 13.5. The second-order valence-corrected chi connectivity index (χ2v) is 10.9. The molecule has 2 amide bonds. The van der Waals surface area contributed by atoms with Crippen LogP contribution in [0.15, 0.2) is 78.2 Å². The van der Waals surface area contributed by atoms with Gasteiger partial charge >= 0.3 is 0 Å². The molecular weight excluding hydrogens is 530 g/mol. The number of hydrazone groups is 1. The average molecular weight is 574 g/mol. The fourth-order valence-electron chi connectivity index (χ4n) is 4.22. The number of ether oxygens (including phenoxy) is 2. The van der Waals surface area contributed by atoms with Crippen molar-refractivity contribution in [2.45, 2.75) is 34.1 Å². The summed E-state index contributed by atoms with van der Waals surface area (Å²) < 4.78 is 10.6. The molecule has 3 aromatic rings. The molecule has 1 fully saturated rings. The molecule has 4 rings (SSSR count). The van der Waals surface area contributed by atoms with Gasteiger partial charge in [0.05, 0.1) is 32.4 Å². The number of fused-ring (bicyclic) bond motifs is 1. The Labute approximate surface area is 249 Å². The van der Waals surface area contributed by atoms with E-state index in [9.17, 15) is 9.59 Å². The lowest BCUT2D eigenvalue weighted by molar-refractivity contribution is -0.134. The summed E-state index contributed by atoms with van der Waals surface area (Å²) in [6.07, 6.45) is 1.05. The molecule has 0 saturated carbocycles. The lowest BCUT2D eigenvalue weighted by Gasteiger charge is -2.27. The van der Waals surface area contributed by atoms with Crippen LogP contribution in [0, 0.1) is 5.41 Å². The fourth-order valence-corrected chi connectivity index (χ4v) is 4.22. The molecule has 2 N–H and O–H groups in total. The molecule has 1 aliphatic heterocycles. The van der Waals surface area contributed by atoms with Gasteiger partial charge in [0.1, 0.15) is 11.6 Å². The highest BCUT2D eigenvalue weighted by Gasteiger charge is 2.20. The number of carbonyl (C=O) groups is 2. The van der Waals surface area contributed by atoms with E-state index in [1.165, 1.54) is 0 Å². The van der Waals surface area contributed by atoms with Gasteiger partial charge in [0, 0.05) is 47.7 Å². The van der Waals surface area contributed by atoms with E-state index in [0.29, 0.717) is 45.0 Å². The predicted molar refractivity (Wildman–Crippen MR) is 171 cm³/mol. The highest BCUT2D eigenvalue weighted by Crippen LogP contribution is 2.31. The Kier molecular flexibility index (Phi) is 11.5. The second kappa shape index (κ2) is 15.0. The number of nitrogens with one attached hydrogen (secondary N) is 2. The van der Waals surface area contributed by atoms with E-state index >= 15 is 0 Å².